The van der Waals surface area contributed by atoms with Crippen LogP contribution in [0.15, 0.2) is 91.0 Å². The first-order valence-corrected chi connectivity index (χ1v) is 10.9. The Morgan fingerprint density at radius 1 is 0.647 bits per heavy atom. The monoisotopic (exact) mass is 460 g/mol. The number of esters is 3. The Balaban J connectivity index is 1.51. The fourth-order valence-electron chi connectivity index (χ4n) is 3.67. The number of benzene rings is 3. The van der Waals surface area contributed by atoms with Crippen LogP contribution in [0.1, 0.15) is 44.4 Å². The third-order valence-electron chi connectivity index (χ3n) is 5.39. The molecule has 4 atom stereocenters. The third-order valence-corrected chi connectivity index (χ3v) is 5.39. The first kappa shape index (κ1) is 23.2. The first-order chi connectivity index (χ1) is 16.5. The fraction of sp³-hybridized carbons (Fsp3) is 0.222. The van der Waals surface area contributed by atoms with Gasteiger partial charge in [0, 0.05) is 0 Å². The van der Waals surface area contributed by atoms with E-state index in [-0.39, 0.29) is 6.42 Å². The summed E-state index contributed by atoms with van der Waals surface area (Å²) in [6.07, 6.45) is -3.47. The fourth-order valence-corrected chi connectivity index (χ4v) is 3.67. The number of carbonyl (C=O) groups excluding carboxylic acids is 3. The summed E-state index contributed by atoms with van der Waals surface area (Å²) in [6.45, 7) is 1.68. The molecule has 1 fully saturated rings. The van der Waals surface area contributed by atoms with Gasteiger partial charge in [-0.25, -0.2) is 14.4 Å². The summed E-state index contributed by atoms with van der Waals surface area (Å²) in [5, 5.41) is 0. The van der Waals surface area contributed by atoms with E-state index in [1.54, 1.807) is 97.9 Å². The molecule has 1 aliphatic heterocycles. The Bertz CT molecular complexity index is 1120. The summed E-state index contributed by atoms with van der Waals surface area (Å²) in [5.41, 5.74) is 1.09. The van der Waals surface area contributed by atoms with Gasteiger partial charge in [0.05, 0.1) is 29.2 Å². The maximum Gasteiger partial charge on any atom is 0.340 e. The topological polar surface area (TPSA) is 88.1 Å². The zero-order valence-electron chi connectivity index (χ0n) is 18.5. The van der Waals surface area contributed by atoms with E-state index in [1.165, 1.54) is 0 Å². The molecule has 0 spiro atoms. The van der Waals surface area contributed by atoms with Crippen LogP contribution in [0.4, 0.5) is 0 Å². The third kappa shape index (κ3) is 5.68. The van der Waals surface area contributed by atoms with E-state index >= 15 is 0 Å². The van der Waals surface area contributed by atoms with Crippen LogP contribution in [0.25, 0.3) is 0 Å². The van der Waals surface area contributed by atoms with Crippen molar-refractivity contribution in [2.24, 2.45) is 0 Å². The molecule has 0 bridgehead atoms. The lowest BCUT2D eigenvalue weighted by atomic mass is 10.0. The number of rotatable bonds is 6. The van der Waals surface area contributed by atoms with Gasteiger partial charge in [0.2, 0.25) is 6.29 Å². The number of carbonyl (C=O) groups is 3. The summed E-state index contributed by atoms with van der Waals surface area (Å²) >= 11 is 0. The summed E-state index contributed by atoms with van der Waals surface area (Å²) in [6, 6.07) is 25.5. The van der Waals surface area contributed by atoms with Crippen LogP contribution in [0.3, 0.4) is 0 Å². The minimum absolute atomic E-state index is 0.00816. The summed E-state index contributed by atoms with van der Waals surface area (Å²) in [5.74, 6) is -1.71. The summed E-state index contributed by atoms with van der Waals surface area (Å²) in [7, 11) is 0. The SMILES string of the molecule is CC1O[C@@H](OC(=O)c2ccccc2)CC(OC(=O)c2ccccc2)[C@@H]1OC(=O)c1ccccc1. The van der Waals surface area contributed by atoms with E-state index in [0.717, 1.165) is 0 Å². The molecule has 7 heteroatoms. The zero-order chi connectivity index (χ0) is 23.9. The van der Waals surface area contributed by atoms with Gasteiger partial charge >= 0.3 is 17.9 Å². The van der Waals surface area contributed by atoms with Crippen molar-refractivity contribution in [3.8, 4) is 0 Å². The van der Waals surface area contributed by atoms with Crippen molar-refractivity contribution in [2.75, 3.05) is 0 Å². The number of hydrogen-bond donors (Lipinski definition) is 0. The molecule has 0 N–H and O–H groups in total. The van der Waals surface area contributed by atoms with Crippen molar-refractivity contribution in [2.45, 2.75) is 37.9 Å². The molecule has 0 aliphatic carbocycles. The molecule has 1 saturated heterocycles. The second-order valence-corrected chi connectivity index (χ2v) is 7.82. The predicted octanol–water partition coefficient (Wildman–Crippen LogP) is 4.43. The molecule has 2 unspecified atom stereocenters. The molecule has 1 heterocycles. The van der Waals surface area contributed by atoms with Gasteiger partial charge < -0.3 is 18.9 Å². The van der Waals surface area contributed by atoms with Crippen molar-refractivity contribution in [1.82, 2.24) is 0 Å². The molecule has 0 amide bonds. The second-order valence-electron chi connectivity index (χ2n) is 7.82. The van der Waals surface area contributed by atoms with Gasteiger partial charge in [-0.1, -0.05) is 54.6 Å². The van der Waals surface area contributed by atoms with Gasteiger partial charge in [-0.05, 0) is 43.3 Å². The van der Waals surface area contributed by atoms with Gasteiger partial charge in [-0.3, -0.25) is 0 Å². The molecule has 7 nitrogen and oxygen atoms in total. The van der Waals surface area contributed by atoms with Crippen LogP contribution in [0.5, 0.6) is 0 Å². The largest absolute Gasteiger partial charge is 0.454 e. The Morgan fingerprint density at radius 2 is 1.06 bits per heavy atom. The van der Waals surface area contributed by atoms with Crippen LogP contribution in [0.2, 0.25) is 0 Å². The Hall–Kier alpha value is -3.97. The molecular weight excluding hydrogens is 436 g/mol. The number of ether oxygens (including phenoxy) is 4. The lowest BCUT2D eigenvalue weighted by molar-refractivity contribution is -0.226. The van der Waals surface area contributed by atoms with E-state index in [4.69, 9.17) is 18.9 Å². The Morgan fingerprint density at radius 3 is 1.53 bits per heavy atom. The normalized spacial score (nSPS) is 21.8. The average molecular weight is 460 g/mol. The highest BCUT2D eigenvalue weighted by Crippen LogP contribution is 2.28. The highest BCUT2D eigenvalue weighted by molar-refractivity contribution is 5.90. The number of hydrogen-bond acceptors (Lipinski definition) is 7. The minimum Gasteiger partial charge on any atom is -0.454 e. The minimum atomic E-state index is -0.983. The van der Waals surface area contributed by atoms with Gasteiger partial charge in [-0.2, -0.15) is 0 Å². The van der Waals surface area contributed by atoms with Gasteiger partial charge in [0.1, 0.15) is 6.10 Å². The van der Waals surface area contributed by atoms with Crippen LogP contribution < -0.4 is 0 Å². The second kappa shape index (κ2) is 10.8. The van der Waals surface area contributed by atoms with Gasteiger partial charge in [0.15, 0.2) is 6.10 Å². The molecule has 34 heavy (non-hydrogen) atoms. The van der Waals surface area contributed by atoms with Gasteiger partial charge in [-0.15, -0.1) is 0 Å². The van der Waals surface area contributed by atoms with Crippen molar-refractivity contribution in [3.05, 3.63) is 108 Å². The van der Waals surface area contributed by atoms with Gasteiger partial charge in [0.25, 0.3) is 0 Å². The zero-order valence-corrected chi connectivity index (χ0v) is 18.5. The average Bonchev–Trinajstić information content (AvgIpc) is 2.87. The van der Waals surface area contributed by atoms with Crippen molar-refractivity contribution >= 4 is 17.9 Å². The lowest BCUT2D eigenvalue weighted by Gasteiger charge is -2.38. The highest BCUT2D eigenvalue weighted by atomic mass is 16.7. The standard InChI is InChI=1S/C27H24O7/c1-18-24(34-27(30)21-15-9-4-10-16-21)22(32-25(28)19-11-5-2-6-12-19)17-23(31-18)33-26(29)20-13-7-3-8-14-20/h2-16,18,22-24H,17H2,1H3/t18?,22?,23-,24+/m0/s1. The summed E-state index contributed by atoms with van der Waals surface area (Å²) < 4.78 is 22.8. The van der Waals surface area contributed by atoms with E-state index in [0.29, 0.717) is 16.7 Å². The van der Waals surface area contributed by atoms with Crippen molar-refractivity contribution in [3.63, 3.8) is 0 Å². The molecule has 3 aromatic carbocycles. The van der Waals surface area contributed by atoms with Crippen LogP contribution in [-0.4, -0.2) is 42.5 Å². The maximum atomic E-state index is 12.8. The van der Waals surface area contributed by atoms with E-state index < -0.39 is 42.5 Å². The molecule has 0 saturated carbocycles. The lowest BCUT2D eigenvalue weighted by Crippen LogP contribution is -2.51. The molecular formula is C27H24O7. The highest BCUT2D eigenvalue weighted by Gasteiger charge is 2.43. The van der Waals surface area contributed by atoms with Crippen LogP contribution in [-0.2, 0) is 18.9 Å². The van der Waals surface area contributed by atoms with E-state index in [9.17, 15) is 14.4 Å². The molecule has 3 aromatic rings. The molecule has 4 rings (SSSR count). The molecule has 0 aromatic heterocycles. The van der Waals surface area contributed by atoms with Crippen molar-refractivity contribution in [1.29, 1.82) is 0 Å². The van der Waals surface area contributed by atoms with E-state index in [1.807, 2.05) is 0 Å². The molecule has 0 radical (unpaired) electrons. The Kier molecular flexibility index (Phi) is 7.34. The first-order valence-electron chi connectivity index (χ1n) is 10.9. The van der Waals surface area contributed by atoms with Crippen LogP contribution >= 0.6 is 0 Å². The quantitative estimate of drug-likeness (QED) is 0.397. The van der Waals surface area contributed by atoms with E-state index in [2.05, 4.69) is 0 Å². The predicted molar refractivity (Wildman–Crippen MR) is 122 cm³/mol. The van der Waals surface area contributed by atoms with Crippen molar-refractivity contribution < 1.29 is 33.3 Å². The molecule has 1 aliphatic rings. The molecule has 174 valence electrons. The van der Waals surface area contributed by atoms with Crippen LogP contribution in [0, 0.1) is 0 Å². The maximum absolute atomic E-state index is 12.8. The summed E-state index contributed by atoms with van der Waals surface area (Å²) in [4.78, 5) is 38.0. The smallest absolute Gasteiger partial charge is 0.340 e. The Labute approximate surface area is 197 Å².